The lowest BCUT2D eigenvalue weighted by Gasteiger charge is -2.04. The van der Waals surface area contributed by atoms with Crippen molar-refractivity contribution in [3.8, 4) is 0 Å². The van der Waals surface area contributed by atoms with Crippen LogP contribution in [0.1, 0.15) is 0 Å². The third kappa shape index (κ3) is 11.9. The number of hydrogen-bond donors (Lipinski definition) is 0. The van der Waals surface area contributed by atoms with E-state index >= 15 is 0 Å². The highest BCUT2D eigenvalue weighted by atomic mass is 35.8. The molecule has 0 saturated carbocycles. The molecule has 0 aliphatic heterocycles. The van der Waals surface area contributed by atoms with E-state index < -0.39 is 12.0 Å². The van der Waals surface area contributed by atoms with E-state index in [-0.39, 0.29) is 0 Å². The monoisotopic (exact) mass is 320 g/mol. The molecule has 0 atom stereocenters. The Kier molecular flexibility index (Phi) is 6.62. The van der Waals surface area contributed by atoms with Crippen molar-refractivity contribution < 1.29 is 0 Å². The second kappa shape index (κ2) is 5.71. The summed E-state index contributed by atoms with van der Waals surface area (Å²) in [5.74, 6) is 0. The van der Waals surface area contributed by atoms with Gasteiger partial charge in [-0.2, -0.15) is 0 Å². The lowest BCUT2D eigenvalue weighted by molar-refractivity contribution is 1.59. The normalized spacial score (nSPS) is 14.2. The Morgan fingerprint density at radius 2 is 0.917 bits per heavy atom. The summed E-state index contributed by atoms with van der Waals surface area (Å²) in [6.45, 7) is 0. The number of halogens is 6. The van der Waals surface area contributed by atoms with Gasteiger partial charge in [-0.15, -0.1) is 66.5 Å². The van der Waals surface area contributed by atoms with Gasteiger partial charge in [-0.25, -0.2) is 0 Å². The SMILES string of the molecule is Cl[Si](Cl)(Cl)C/C=C/C[Si](Cl)(Cl)Cl. The summed E-state index contributed by atoms with van der Waals surface area (Å²) in [6, 6.07) is -4.14. The van der Waals surface area contributed by atoms with Gasteiger partial charge in [0.2, 0.25) is 0 Å². The molecule has 0 aromatic carbocycles. The Labute approximate surface area is 102 Å². The summed E-state index contributed by atoms with van der Waals surface area (Å²) in [6.07, 6.45) is 3.52. The minimum absolute atomic E-state index is 0.465. The maximum atomic E-state index is 5.61. The topological polar surface area (TPSA) is 0 Å². The van der Waals surface area contributed by atoms with E-state index in [2.05, 4.69) is 0 Å². The van der Waals surface area contributed by atoms with Crippen LogP contribution in [0.2, 0.25) is 12.1 Å². The Bertz CT molecular complexity index is 138. The first-order chi connectivity index (χ1) is 5.21. The van der Waals surface area contributed by atoms with E-state index in [1.807, 2.05) is 0 Å². The third-order valence-corrected chi connectivity index (χ3v) is 5.04. The molecule has 0 amide bonds. The summed E-state index contributed by atoms with van der Waals surface area (Å²) in [7, 11) is 0. The first-order valence-electron chi connectivity index (χ1n) is 2.99. The van der Waals surface area contributed by atoms with Crippen molar-refractivity contribution in [3.05, 3.63) is 12.2 Å². The highest BCUT2D eigenvalue weighted by Crippen LogP contribution is 2.28. The Morgan fingerprint density at radius 3 is 1.08 bits per heavy atom. The predicted molar refractivity (Wildman–Crippen MR) is 65.4 cm³/mol. The Balaban J connectivity index is 3.66. The quantitative estimate of drug-likeness (QED) is 0.394. The van der Waals surface area contributed by atoms with E-state index in [4.69, 9.17) is 66.5 Å². The van der Waals surface area contributed by atoms with Crippen LogP contribution in [0.25, 0.3) is 0 Å². The molecule has 0 radical (unpaired) electrons. The van der Waals surface area contributed by atoms with Crippen LogP contribution in [-0.2, 0) is 0 Å². The molecule has 0 N–H and O–H groups in total. The molecule has 0 aliphatic rings. The molecule has 0 heterocycles. The maximum absolute atomic E-state index is 5.61. The van der Waals surface area contributed by atoms with Crippen LogP contribution in [0.15, 0.2) is 12.2 Å². The molecular weight excluding hydrogens is 317 g/mol. The van der Waals surface area contributed by atoms with E-state index in [1.54, 1.807) is 12.2 Å². The molecular formula is C4H6Cl6Si2. The molecule has 0 spiro atoms. The zero-order valence-electron chi connectivity index (χ0n) is 5.84. The molecule has 72 valence electrons. The van der Waals surface area contributed by atoms with E-state index in [0.717, 1.165) is 0 Å². The van der Waals surface area contributed by atoms with E-state index in [0.29, 0.717) is 12.1 Å². The number of hydrogen-bond acceptors (Lipinski definition) is 0. The Hall–Kier alpha value is 1.91. The molecule has 0 aliphatic carbocycles. The summed E-state index contributed by atoms with van der Waals surface area (Å²) in [4.78, 5) is 0. The van der Waals surface area contributed by atoms with E-state index in [9.17, 15) is 0 Å². The molecule has 0 rings (SSSR count). The van der Waals surface area contributed by atoms with Gasteiger partial charge in [0.1, 0.15) is 0 Å². The van der Waals surface area contributed by atoms with Crippen LogP contribution < -0.4 is 0 Å². The summed E-state index contributed by atoms with van der Waals surface area (Å²) in [5.41, 5.74) is 0. The van der Waals surface area contributed by atoms with Gasteiger partial charge in [0.05, 0.1) is 0 Å². The van der Waals surface area contributed by atoms with Crippen molar-refractivity contribution in [1.29, 1.82) is 0 Å². The summed E-state index contributed by atoms with van der Waals surface area (Å²) in [5, 5.41) is 0. The van der Waals surface area contributed by atoms with Crippen LogP contribution in [0.5, 0.6) is 0 Å². The van der Waals surface area contributed by atoms with Crippen LogP contribution >= 0.6 is 66.5 Å². The van der Waals surface area contributed by atoms with Crippen LogP contribution in [-0.4, -0.2) is 12.0 Å². The smallest absolute Gasteiger partial charge is 0.126 e. The molecule has 0 aromatic heterocycles. The molecule has 0 aromatic rings. The van der Waals surface area contributed by atoms with Crippen LogP contribution in [0.4, 0.5) is 0 Å². The molecule has 0 fully saturated rings. The first-order valence-corrected chi connectivity index (χ1v) is 13.5. The second-order valence-electron chi connectivity index (χ2n) is 2.11. The third-order valence-electron chi connectivity index (χ3n) is 0.865. The fourth-order valence-electron chi connectivity index (χ4n) is 0.434. The van der Waals surface area contributed by atoms with Crippen molar-refractivity contribution in [3.63, 3.8) is 0 Å². The van der Waals surface area contributed by atoms with Gasteiger partial charge in [0, 0.05) is 12.1 Å². The zero-order chi connectivity index (χ0) is 9.83. The van der Waals surface area contributed by atoms with Crippen molar-refractivity contribution in [1.82, 2.24) is 0 Å². The standard InChI is InChI=1S/C4H6Cl6Si2/c5-11(6,7)3-1-2-4-12(8,9)10/h1-2H,3-4H2/b2-1+. The maximum Gasteiger partial charge on any atom is 0.344 e. The Morgan fingerprint density at radius 1 is 0.667 bits per heavy atom. The zero-order valence-corrected chi connectivity index (χ0v) is 12.4. The average molecular weight is 323 g/mol. The molecule has 0 nitrogen and oxygen atoms in total. The number of allylic oxidation sites excluding steroid dienone is 2. The van der Waals surface area contributed by atoms with E-state index in [1.165, 1.54) is 0 Å². The molecule has 0 saturated heterocycles. The van der Waals surface area contributed by atoms with Gasteiger partial charge in [0.25, 0.3) is 0 Å². The fourth-order valence-corrected chi connectivity index (χ4v) is 2.91. The second-order valence-corrected chi connectivity index (χ2v) is 20.5. The first kappa shape index (κ1) is 13.9. The van der Waals surface area contributed by atoms with Gasteiger partial charge < -0.3 is 0 Å². The van der Waals surface area contributed by atoms with Gasteiger partial charge in [-0.1, -0.05) is 12.2 Å². The lowest BCUT2D eigenvalue weighted by atomic mass is 10.6. The molecule has 0 unspecified atom stereocenters. The van der Waals surface area contributed by atoms with Crippen LogP contribution in [0, 0.1) is 0 Å². The highest BCUT2D eigenvalue weighted by Gasteiger charge is 2.24. The highest BCUT2D eigenvalue weighted by molar-refractivity contribution is 7.65. The summed E-state index contributed by atoms with van der Waals surface area (Å²) < 4.78 is 0. The predicted octanol–water partition coefficient (Wildman–Crippen LogP) is 4.85. The minimum Gasteiger partial charge on any atom is -0.126 e. The molecule has 12 heavy (non-hydrogen) atoms. The average Bonchev–Trinajstić information content (AvgIpc) is 1.76. The van der Waals surface area contributed by atoms with Crippen molar-refractivity contribution in [2.75, 3.05) is 0 Å². The van der Waals surface area contributed by atoms with Gasteiger partial charge in [0.15, 0.2) is 0 Å². The minimum atomic E-state index is -2.54. The lowest BCUT2D eigenvalue weighted by Crippen LogP contribution is -2.08. The van der Waals surface area contributed by atoms with Gasteiger partial charge in [-0.05, 0) is 0 Å². The fraction of sp³-hybridized carbons (Fsp3) is 0.500. The van der Waals surface area contributed by atoms with Crippen molar-refractivity contribution >= 4 is 78.5 Å². The van der Waals surface area contributed by atoms with Crippen molar-refractivity contribution in [2.45, 2.75) is 12.1 Å². The summed E-state index contributed by atoms with van der Waals surface area (Å²) >= 11 is 33.7. The van der Waals surface area contributed by atoms with Gasteiger partial charge >= 0.3 is 12.0 Å². The van der Waals surface area contributed by atoms with Crippen LogP contribution in [0.3, 0.4) is 0 Å². The molecule has 0 bridgehead atoms. The van der Waals surface area contributed by atoms with Crippen molar-refractivity contribution in [2.24, 2.45) is 0 Å². The van der Waals surface area contributed by atoms with Gasteiger partial charge in [-0.3, -0.25) is 0 Å². The largest absolute Gasteiger partial charge is 0.344 e. The molecule has 8 heteroatoms. The number of rotatable bonds is 4.